The summed E-state index contributed by atoms with van der Waals surface area (Å²) in [5.41, 5.74) is 5.80. The molecule has 0 bridgehead atoms. The molecule has 1 saturated carbocycles. The van der Waals surface area contributed by atoms with Crippen LogP contribution in [-0.4, -0.2) is 11.9 Å². The Morgan fingerprint density at radius 1 is 1.22 bits per heavy atom. The fraction of sp³-hybridized carbons (Fsp3) is 0.500. The topological polar surface area (TPSA) is 59.1 Å². The van der Waals surface area contributed by atoms with E-state index in [-0.39, 0.29) is 11.9 Å². The van der Waals surface area contributed by atoms with E-state index in [1.54, 1.807) is 6.07 Å². The molecule has 1 aliphatic carbocycles. The van der Waals surface area contributed by atoms with Gasteiger partial charge in [-0.15, -0.1) is 0 Å². The summed E-state index contributed by atoms with van der Waals surface area (Å²) in [6, 6.07) is 4.17. The summed E-state index contributed by atoms with van der Waals surface area (Å²) >= 11 is 0. The Morgan fingerprint density at radius 3 is 2.50 bits per heavy atom. The van der Waals surface area contributed by atoms with Crippen LogP contribution in [-0.2, 0) is 0 Å². The first-order valence-corrected chi connectivity index (χ1v) is 6.47. The quantitative estimate of drug-likeness (QED) is 0.491. The van der Waals surface area contributed by atoms with Gasteiger partial charge >= 0.3 is 0 Å². The van der Waals surface area contributed by atoms with E-state index in [9.17, 15) is 4.39 Å². The molecule has 1 aromatic rings. The van der Waals surface area contributed by atoms with Crippen molar-refractivity contribution < 1.29 is 9.13 Å². The normalized spacial score (nSPS) is 17.2. The average molecular weight is 250 g/mol. The highest BCUT2D eigenvalue weighted by Crippen LogP contribution is 2.25. The Labute approximate surface area is 107 Å². The predicted octanol–water partition coefficient (Wildman–Crippen LogP) is 3.21. The molecule has 3 N–H and O–H groups in total. The van der Waals surface area contributed by atoms with E-state index in [1.165, 1.54) is 37.8 Å². The molecule has 1 fully saturated rings. The van der Waals surface area contributed by atoms with Crippen molar-refractivity contribution in [1.82, 2.24) is 0 Å². The number of nitrogens with two attached hydrogens (primary N) is 1. The fourth-order valence-electron chi connectivity index (χ4n) is 2.35. The van der Waals surface area contributed by atoms with Gasteiger partial charge in [0, 0.05) is 0 Å². The number of benzene rings is 1. The Hall–Kier alpha value is -1.58. The minimum Gasteiger partial charge on any atom is -0.490 e. The van der Waals surface area contributed by atoms with Gasteiger partial charge in [-0.2, -0.15) is 0 Å². The van der Waals surface area contributed by atoms with Crippen LogP contribution < -0.4 is 10.5 Å². The zero-order chi connectivity index (χ0) is 13.0. The highest BCUT2D eigenvalue weighted by Gasteiger charge is 2.16. The third kappa shape index (κ3) is 3.22. The summed E-state index contributed by atoms with van der Waals surface area (Å²) < 4.78 is 19.0. The van der Waals surface area contributed by atoms with Gasteiger partial charge in [0.05, 0.1) is 11.7 Å². The maximum atomic E-state index is 13.1. The van der Waals surface area contributed by atoms with Crippen LogP contribution in [0.5, 0.6) is 5.75 Å². The zero-order valence-electron chi connectivity index (χ0n) is 10.4. The second-order valence-corrected chi connectivity index (χ2v) is 4.79. The van der Waals surface area contributed by atoms with E-state index in [1.807, 2.05) is 0 Å². The maximum absolute atomic E-state index is 13.1. The number of halogens is 1. The third-order valence-electron chi connectivity index (χ3n) is 3.33. The van der Waals surface area contributed by atoms with E-state index in [0.29, 0.717) is 11.3 Å². The van der Waals surface area contributed by atoms with Gasteiger partial charge in [-0.25, -0.2) is 4.39 Å². The van der Waals surface area contributed by atoms with Gasteiger partial charge < -0.3 is 10.5 Å². The largest absolute Gasteiger partial charge is 0.490 e. The minimum atomic E-state index is -0.395. The Bertz CT molecular complexity index is 426. The fourth-order valence-corrected chi connectivity index (χ4v) is 2.35. The number of ether oxygens (including phenoxy) is 1. The van der Waals surface area contributed by atoms with Crippen LogP contribution in [0, 0.1) is 11.2 Å². The van der Waals surface area contributed by atoms with E-state index in [2.05, 4.69) is 0 Å². The van der Waals surface area contributed by atoms with Gasteiger partial charge in [0.25, 0.3) is 0 Å². The summed E-state index contributed by atoms with van der Waals surface area (Å²) in [6.07, 6.45) is 7.05. The van der Waals surface area contributed by atoms with Crippen LogP contribution in [0.15, 0.2) is 18.2 Å². The van der Waals surface area contributed by atoms with Gasteiger partial charge in [0.15, 0.2) is 0 Å². The molecule has 18 heavy (non-hydrogen) atoms. The smallest absolute Gasteiger partial charge is 0.130 e. The summed E-state index contributed by atoms with van der Waals surface area (Å²) in [5.74, 6) is -0.0256. The first-order valence-electron chi connectivity index (χ1n) is 6.47. The van der Waals surface area contributed by atoms with Crippen LogP contribution in [0.4, 0.5) is 4.39 Å². The molecule has 0 atom stereocenters. The van der Waals surface area contributed by atoms with Crippen molar-refractivity contribution in [3.05, 3.63) is 29.6 Å². The third-order valence-corrected chi connectivity index (χ3v) is 3.33. The van der Waals surface area contributed by atoms with Gasteiger partial charge in [-0.1, -0.05) is 12.8 Å². The number of amidine groups is 1. The first kappa shape index (κ1) is 12.9. The van der Waals surface area contributed by atoms with E-state index in [0.717, 1.165) is 12.8 Å². The summed E-state index contributed by atoms with van der Waals surface area (Å²) in [6.45, 7) is 0. The lowest BCUT2D eigenvalue weighted by atomic mass is 10.1. The molecule has 0 spiro atoms. The van der Waals surface area contributed by atoms with Crippen molar-refractivity contribution in [2.45, 2.75) is 44.6 Å². The molecule has 0 saturated heterocycles. The molecular formula is C14H19FN2O. The maximum Gasteiger partial charge on any atom is 0.130 e. The van der Waals surface area contributed by atoms with E-state index < -0.39 is 5.82 Å². The lowest BCUT2D eigenvalue weighted by molar-refractivity contribution is 0.183. The van der Waals surface area contributed by atoms with Crippen molar-refractivity contribution in [1.29, 1.82) is 5.41 Å². The zero-order valence-corrected chi connectivity index (χ0v) is 10.4. The second-order valence-electron chi connectivity index (χ2n) is 4.79. The van der Waals surface area contributed by atoms with E-state index in [4.69, 9.17) is 15.9 Å². The molecule has 2 rings (SSSR count). The van der Waals surface area contributed by atoms with E-state index >= 15 is 0 Å². The molecule has 1 aliphatic rings. The highest BCUT2D eigenvalue weighted by molar-refractivity contribution is 5.97. The Morgan fingerprint density at radius 2 is 1.89 bits per heavy atom. The van der Waals surface area contributed by atoms with Crippen molar-refractivity contribution >= 4 is 5.84 Å². The van der Waals surface area contributed by atoms with Gasteiger partial charge in [0.2, 0.25) is 0 Å². The standard InChI is InChI=1S/C14H19FN2O/c15-10-7-8-13(12(9-10)14(16)17)18-11-5-3-1-2-4-6-11/h7-9,11H,1-6H2,(H3,16,17). The van der Waals surface area contributed by atoms with Gasteiger partial charge in [0.1, 0.15) is 17.4 Å². The van der Waals surface area contributed by atoms with Crippen LogP contribution in [0.3, 0.4) is 0 Å². The molecule has 0 aliphatic heterocycles. The molecule has 0 radical (unpaired) electrons. The average Bonchev–Trinajstić information content (AvgIpc) is 2.60. The number of nitrogen functional groups attached to an aromatic ring is 1. The molecule has 1 aromatic carbocycles. The molecule has 3 nitrogen and oxygen atoms in total. The molecule has 98 valence electrons. The second kappa shape index (κ2) is 5.85. The molecule has 0 heterocycles. The van der Waals surface area contributed by atoms with Crippen molar-refractivity contribution in [2.75, 3.05) is 0 Å². The number of rotatable bonds is 3. The molecule has 0 aromatic heterocycles. The monoisotopic (exact) mass is 250 g/mol. The Kier molecular flexibility index (Phi) is 4.18. The highest BCUT2D eigenvalue weighted by atomic mass is 19.1. The Balaban J connectivity index is 2.14. The van der Waals surface area contributed by atoms with Crippen molar-refractivity contribution in [2.24, 2.45) is 5.73 Å². The summed E-state index contributed by atoms with van der Waals surface area (Å²) in [4.78, 5) is 0. The summed E-state index contributed by atoms with van der Waals surface area (Å²) in [5, 5.41) is 7.46. The number of hydrogen-bond acceptors (Lipinski definition) is 2. The van der Waals surface area contributed by atoms with Crippen LogP contribution in [0.2, 0.25) is 0 Å². The predicted molar refractivity (Wildman–Crippen MR) is 69.5 cm³/mol. The van der Waals surface area contributed by atoms with Crippen LogP contribution >= 0.6 is 0 Å². The lowest BCUT2D eigenvalue weighted by Crippen LogP contribution is -2.19. The lowest BCUT2D eigenvalue weighted by Gasteiger charge is -2.19. The molecular weight excluding hydrogens is 231 g/mol. The SMILES string of the molecule is N=C(N)c1cc(F)ccc1OC1CCCCCC1. The molecule has 0 amide bonds. The van der Waals surface area contributed by atoms with Gasteiger partial charge in [-0.05, 0) is 43.9 Å². The summed E-state index contributed by atoms with van der Waals surface area (Å²) in [7, 11) is 0. The number of hydrogen-bond donors (Lipinski definition) is 2. The molecule has 4 heteroatoms. The van der Waals surface area contributed by atoms with Crippen molar-refractivity contribution in [3.8, 4) is 5.75 Å². The van der Waals surface area contributed by atoms with Gasteiger partial charge in [-0.3, -0.25) is 5.41 Å². The van der Waals surface area contributed by atoms with Crippen LogP contribution in [0.1, 0.15) is 44.1 Å². The van der Waals surface area contributed by atoms with Crippen molar-refractivity contribution in [3.63, 3.8) is 0 Å². The number of nitrogens with one attached hydrogen (secondary N) is 1. The van der Waals surface area contributed by atoms with Crippen LogP contribution in [0.25, 0.3) is 0 Å². The molecule has 0 unspecified atom stereocenters. The first-order chi connectivity index (χ1) is 8.66. The minimum absolute atomic E-state index is 0.155.